The zero-order valence-electron chi connectivity index (χ0n) is 14.7. The Hall–Kier alpha value is -2.76. The molecule has 1 aliphatic rings. The van der Waals surface area contributed by atoms with Gasteiger partial charge < -0.3 is 10.6 Å². The first-order valence-corrected chi connectivity index (χ1v) is 8.98. The van der Waals surface area contributed by atoms with E-state index >= 15 is 0 Å². The molecule has 0 saturated carbocycles. The Morgan fingerprint density at radius 1 is 1.15 bits per heavy atom. The van der Waals surface area contributed by atoms with Crippen LogP contribution < -0.4 is 10.6 Å². The Morgan fingerprint density at radius 3 is 2.77 bits per heavy atom. The summed E-state index contributed by atoms with van der Waals surface area (Å²) < 4.78 is 12.9. The number of nitrogens with one attached hydrogen (secondary N) is 2. The second kappa shape index (κ2) is 9.08. The van der Waals surface area contributed by atoms with E-state index in [0.29, 0.717) is 18.2 Å². The zero-order chi connectivity index (χ0) is 18.2. The van der Waals surface area contributed by atoms with E-state index < -0.39 is 0 Å². The van der Waals surface area contributed by atoms with Crippen molar-refractivity contribution < 1.29 is 9.18 Å². The molecule has 1 aromatic carbocycles. The molecule has 136 valence electrons. The minimum Gasteiger partial charge on any atom is -0.354 e. The number of aromatic nitrogens is 2. The molecule has 6 heteroatoms. The molecule has 0 bridgehead atoms. The van der Waals surface area contributed by atoms with Crippen LogP contribution in [0, 0.1) is 5.82 Å². The van der Waals surface area contributed by atoms with Gasteiger partial charge in [-0.1, -0.05) is 23.8 Å². The Labute approximate surface area is 152 Å². The van der Waals surface area contributed by atoms with Crippen LogP contribution in [0.25, 0.3) is 0 Å². The SMILES string of the molecule is O=C(NCc1ccc(F)cc1)c1ccnc(NCCC2=CCCCC2)n1. The summed E-state index contributed by atoms with van der Waals surface area (Å²) in [6.07, 6.45) is 9.78. The molecule has 3 rings (SSSR count). The molecule has 2 aromatic rings. The largest absolute Gasteiger partial charge is 0.354 e. The molecule has 0 aliphatic heterocycles. The van der Waals surface area contributed by atoms with Crippen LogP contribution in [-0.4, -0.2) is 22.4 Å². The van der Waals surface area contributed by atoms with Crippen molar-refractivity contribution >= 4 is 11.9 Å². The van der Waals surface area contributed by atoms with Crippen molar-refractivity contribution in [3.63, 3.8) is 0 Å². The predicted octanol–water partition coefficient (Wildman–Crippen LogP) is 3.85. The lowest BCUT2D eigenvalue weighted by atomic mass is 9.97. The minimum atomic E-state index is -0.296. The van der Waals surface area contributed by atoms with E-state index in [-0.39, 0.29) is 11.7 Å². The first-order chi connectivity index (χ1) is 12.7. The van der Waals surface area contributed by atoms with Gasteiger partial charge in [0, 0.05) is 19.3 Å². The highest BCUT2D eigenvalue weighted by Gasteiger charge is 2.09. The van der Waals surface area contributed by atoms with Gasteiger partial charge in [0.25, 0.3) is 5.91 Å². The second-order valence-electron chi connectivity index (χ2n) is 6.36. The molecule has 1 aromatic heterocycles. The molecule has 0 saturated heterocycles. The first-order valence-electron chi connectivity index (χ1n) is 8.98. The van der Waals surface area contributed by atoms with Crippen LogP contribution in [0.2, 0.25) is 0 Å². The van der Waals surface area contributed by atoms with Crippen molar-refractivity contribution in [3.8, 4) is 0 Å². The summed E-state index contributed by atoms with van der Waals surface area (Å²) in [7, 11) is 0. The number of nitrogens with zero attached hydrogens (tertiary/aromatic N) is 2. The van der Waals surface area contributed by atoms with E-state index in [0.717, 1.165) is 18.5 Å². The van der Waals surface area contributed by atoms with Gasteiger partial charge in [-0.2, -0.15) is 0 Å². The summed E-state index contributed by atoms with van der Waals surface area (Å²) in [5.41, 5.74) is 2.62. The maximum absolute atomic E-state index is 12.9. The highest BCUT2D eigenvalue weighted by atomic mass is 19.1. The molecule has 0 radical (unpaired) electrons. The number of anilines is 1. The fourth-order valence-corrected chi connectivity index (χ4v) is 2.91. The van der Waals surface area contributed by atoms with Crippen LogP contribution in [0.15, 0.2) is 48.2 Å². The third-order valence-corrected chi connectivity index (χ3v) is 4.37. The Kier molecular flexibility index (Phi) is 6.30. The molecule has 1 amide bonds. The van der Waals surface area contributed by atoms with Crippen LogP contribution in [0.5, 0.6) is 0 Å². The summed E-state index contributed by atoms with van der Waals surface area (Å²) in [5, 5.41) is 5.96. The summed E-state index contributed by atoms with van der Waals surface area (Å²) in [4.78, 5) is 20.7. The lowest BCUT2D eigenvalue weighted by molar-refractivity contribution is 0.0946. The molecule has 0 fully saturated rings. The van der Waals surface area contributed by atoms with Crippen LogP contribution in [0.3, 0.4) is 0 Å². The molecule has 1 heterocycles. The molecule has 5 nitrogen and oxygen atoms in total. The number of hydrogen-bond donors (Lipinski definition) is 2. The average Bonchev–Trinajstić information content (AvgIpc) is 2.68. The summed E-state index contributed by atoms with van der Waals surface area (Å²) >= 11 is 0. The molecule has 0 unspecified atom stereocenters. The molecule has 1 aliphatic carbocycles. The monoisotopic (exact) mass is 354 g/mol. The van der Waals surface area contributed by atoms with Gasteiger partial charge in [-0.25, -0.2) is 14.4 Å². The van der Waals surface area contributed by atoms with E-state index in [1.54, 1.807) is 24.4 Å². The van der Waals surface area contributed by atoms with E-state index in [1.807, 2.05) is 0 Å². The van der Waals surface area contributed by atoms with Gasteiger partial charge in [0.2, 0.25) is 5.95 Å². The fraction of sp³-hybridized carbons (Fsp3) is 0.350. The summed E-state index contributed by atoms with van der Waals surface area (Å²) in [5.74, 6) is -0.124. The normalized spacial score (nSPS) is 13.8. The molecule has 2 N–H and O–H groups in total. The quantitative estimate of drug-likeness (QED) is 0.741. The zero-order valence-corrected chi connectivity index (χ0v) is 14.7. The number of amides is 1. The Morgan fingerprint density at radius 2 is 2.00 bits per heavy atom. The molecular formula is C20H23FN4O. The van der Waals surface area contributed by atoms with E-state index in [1.165, 1.54) is 43.4 Å². The van der Waals surface area contributed by atoms with Gasteiger partial charge in [-0.15, -0.1) is 0 Å². The van der Waals surface area contributed by atoms with Gasteiger partial charge in [-0.05, 0) is 55.9 Å². The van der Waals surface area contributed by atoms with E-state index in [4.69, 9.17) is 0 Å². The molecule has 0 spiro atoms. The Bertz CT molecular complexity index is 774. The van der Waals surface area contributed by atoms with Crippen molar-refractivity contribution in [2.75, 3.05) is 11.9 Å². The number of halogens is 1. The average molecular weight is 354 g/mol. The van der Waals surface area contributed by atoms with E-state index in [9.17, 15) is 9.18 Å². The van der Waals surface area contributed by atoms with Gasteiger partial charge >= 0.3 is 0 Å². The maximum Gasteiger partial charge on any atom is 0.270 e. The summed E-state index contributed by atoms with van der Waals surface area (Å²) in [6.45, 7) is 1.08. The lowest BCUT2D eigenvalue weighted by Gasteiger charge is -2.13. The third kappa shape index (κ3) is 5.37. The predicted molar refractivity (Wildman–Crippen MR) is 99.3 cm³/mol. The summed E-state index contributed by atoms with van der Waals surface area (Å²) in [6, 6.07) is 7.60. The smallest absolute Gasteiger partial charge is 0.270 e. The number of rotatable bonds is 7. The van der Waals surface area contributed by atoms with Crippen LogP contribution in [0.1, 0.15) is 48.2 Å². The number of hydrogen-bond acceptors (Lipinski definition) is 4. The number of carbonyl (C=O) groups is 1. The minimum absolute atomic E-state index is 0.283. The Balaban J connectivity index is 1.50. The van der Waals surface area contributed by atoms with Crippen LogP contribution in [-0.2, 0) is 6.54 Å². The van der Waals surface area contributed by atoms with E-state index in [2.05, 4.69) is 26.7 Å². The van der Waals surface area contributed by atoms with Gasteiger partial charge in [0.15, 0.2) is 0 Å². The van der Waals surface area contributed by atoms with Crippen LogP contribution >= 0.6 is 0 Å². The van der Waals surface area contributed by atoms with Crippen LogP contribution in [0.4, 0.5) is 10.3 Å². The highest BCUT2D eigenvalue weighted by molar-refractivity contribution is 5.92. The lowest BCUT2D eigenvalue weighted by Crippen LogP contribution is -2.24. The highest BCUT2D eigenvalue weighted by Crippen LogP contribution is 2.19. The molecule has 0 atom stereocenters. The first kappa shape index (κ1) is 18.0. The fourth-order valence-electron chi connectivity index (χ4n) is 2.91. The van der Waals surface area contributed by atoms with Crippen molar-refractivity contribution in [3.05, 3.63) is 65.3 Å². The van der Waals surface area contributed by atoms with Gasteiger partial charge in [0.1, 0.15) is 11.5 Å². The number of benzene rings is 1. The second-order valence-corrected chi connectivity index (χ2v) is 6.36. The standard InChI is InChI=1S/C20H23FN4O/c21-17-8-6-16(7-9-17)14-24-19(26)18-11-13-23-20(25-18)22-12-10-15-4-2-1-3-5-15/h4,6-9,11,13H,1-3,5,10,12,14H2,(H,24,26)(H,22,23,25). The number of allylic oxidation sites excluding steroid dienone is 1. The number of carbonyl (C=O) groups excluding carboxylic acids is 1. The molecular weight excluding hydrogens is 331 g/mol. The van der Waals surface area contributed by atoms with Gasteiger partial charge in [0.05, 0.1) is 0 Å². The van der Waals surface area contributed by atoms with Crippen molar-refractivity contribution in [1.82, 2.24) is 15.3 Å². The van der Waals surface area contributed by atoms with Crippen molar-refractivity contribution in [2.45, 2.75) is 38.6 Å². The topological polar surface area (TPSA) is 66.9 Å². The third-order valence-electron chi connectivity index (χ3n) is 4.37. The van der Waals surface area contributed by atoms with Crippen molar-refractivity contribution in [1.29, 1.82) is 0 Å². The van der Waals surface area contributed by atoms with Crippen molar-refractivity contribution in [2.24, 2.45) is 0 Å². The maximum atomic E-state index is 12.9. The van der Waals surface area contributed by atoms with Gasteiger partial charge in [-0.3, -0.25) is 4.79 Å². The molecule has 26 heavy (non-hydrogen) atoms.